The van der Waals surface area contributed by atoms with Crippen LogP contribution in [0.1, 0.15) is 35.0 Å². The van der Waals surface area contributed by atoms with E-state index < -0.39 is 12.1 Å². The third-order valence-electron chi connectivity index (χ3n) is 5.34. The third-order valence-corrected chi connectivity index (χ3v) is 5.34. The number of rotatable bonds is 5. The average Bonchev–Trinajstić information content (AvgIpc) is 3.35. The van der Waals surface area contributed by atoms with E-state index in [1.54, 1.807) is 4.58 Å². The van der Waals surface area contributed by atoms with E-state index in [1.165, 1.54) is 5.56 Å². The molecule has 0 radical (unpaired) electrons. The Labute approximate surface area is 186 Å². The minimum atomic E-state index is -0.667. The Morgan fingerprint density at radius 1 is 1.19 bits per heavy atom. The van der Waals surface area contributed by atoms with Gasteiger partial charge in [0, 0.05) is 12.0 Å². The minimum absolute atomic E-state index is 0. The molecule has 2 heterocycles. The van der Waals surface area contributed by atoms with Crippen molar-refractivity contribution in [3.8, 4) is 17.1 Å². The van der Waals surface area contributed by atoms with Crippen molar-refractivity contribution in [3.63, 3.8) is 0 Å². The van der Waals surface area contributed by atoms with Gasteiger partial charge in [0.2, 0.25) is 5.82 Å². The van der Waals surface area contributed by atoms with Crippen LogP contribution in [0.2, 0.25) is 0 Å². The summed E-state index contributed by atoms with van der Waals surface area (Å²) in [6.45, 7) is 5.07. The number of benzene rings is 2. The highest BCUT2D eigenvalue weighted by Gasteiger charge is 2.39. The fraction of sp³-hybridized carbons (Fsp3) is 0.318. The van der Waals surface area contributed by atoms with Gasteiger partial charge in [-0.2, -0.15) is 4.98 Å². The zero-order valence-electron chi connectivity index (χ0n) is 17.5. The van der Waals surface area contributed by atoms with E-state index in [-0.39, 0.29) is 18.4 Å². The van der Waals surface area contributed by atoms with Crippen LogP contribution in [0, 0.1) is 13.8 Å². The number of hydrogen-bond acceptors (Lipinski definition) is 5. The predicted molar refractivity (Wildman–Crippen MR) is 112 cm³/mol. The number of nitrogens with zero attached hydrogens (tertiary/aromatic N) is 3. The summed E-state index contributed by atoms with van der Waals surface area (Å²) in [4.78, 5) is 4.47. The Bertz CT molecular complexity index is 1080. The van der Waals surface area contributed by atoms with Crippen LogP contribution in [0.15, 0.2) is 47.0 Å². The van der Waals surface area contributed by atoms with Crippen LogP contribution in [0.4, 0.5) is 0 Å². The minimum Gasteiger partial charge on any atom is -1.00 e. The van der Waals surface area contributed by atoms with Crippen molar-refractivity contribution < 1.29 is 31.3 Å². The highest BCUT2D eigenvalue weighted by atomic mass is 35.5. The van der Waals surface area contributed by atoms with Gasteiger partial charge in [-0.25, -0.2) is 0 Å². The number of aliphatic hydroxyl groups is 1. The van der Waals surface area contributed by atoms with E-state index in [0.29, 0.717) is 31.3 Å². The first kappa shape index (κ1) is 22.6. The first-order valence-corrected chi connectivity index (χ1v) is 9.88. The summed E-state index contributed by atoms with van der Waals surface area (Å²) in [5, 5.41) is 14.4. The number of aromatic nitrogens is 2. The monoisotopic (exact) mass is 443 g/mol. The SMILES string of the molecule is Cc1ccc(COc2ccc(-c3noc([C@@H]4[C@@H](O)CC[N+]4=C(N)N)n3)cc2C)cc1.[Cl-]. The predicted octanol–water partition coefficient (Wildman–Crippen LogP) is -0.972. The van der Waals surface area contributed by atoms with Crippen LogP contribution in [-0.2, 0) is 6.61 Å². The molecule has 2 aromatic carbocycles. The summed E-state index contributed by atoms with van der Waals surface area (Å²) in [7, 11) is 0. The number of guanidine groups is 1. The summed E-state index contributed by atoms with van der Waals surface area (Å²) in [6.07, 6.45) is -0.133. The quantitative estimate of drug-likeness (QED) is 0.342. The first-order chi connectivity index (χ1) is 14.4. The summed E-state index contributed by atoms with van der Waals surface area (Å²) in [5.41, 5.74) is 15.6. The van der Waals surface area contributed by atoms with Gasteiger partial charge in [-0.15, -0.1) is 0 Å². The lowest BCUT2D eigenvalue weighted by atomic mass is 10.1. The van der Waals surface area contributed by atoms with Crippen molar-refractivity contribution in [2.45, 2.75) is 39.0 Å². The van der Waals surface area contributed by atoms with Crippen molar-refractivity contribution in [2.24, 2.45) is 11.5 Å². The number of aryl methyl sites for hydroxylation is 2. The third kappa shape index (κ3) is 4.81. The molecule has 1 aliphatic heterocycles. The molecule has 8 nitrogen and oxygen atoms in total. The normalized spacial score (nSPS) is 18.0. The largest absolute Gasteiger partial charge is 1.00 e. The Morgan fingerprint density at radius 2 is 1.94 bits per heavy atom. The molecule has 4 rings (SSSR count). The van der Waals surface area contributed by atoms with Crippen LogP contribution >= 0.6 is 0 Å². The Kier molecular flexibility index (Phi) is 6.82. The van der Waals surface area contributed by atoms with Crippen LogP contribution in [0.3, 0.4) is 0 Å². The summed E-state index contributed by atoms with van der Waals surface area (Å²) >= 11 is 0. The molecule has 1 aliphatic rings. The van der Waals surface area contributed by atoms with E-state index in [9.17, 15) is 5.11 Å². The maximum absolute atomic E-state index is 10.3. The van der Waals surface area contributed by atoms with Gasteiger partial charge in [0.1, 0.15) is 12.4 Å². The molecule has 0 saturated carbocycles. The highest BCUT2D eigenvalue weighted by molar-refractivity contribution is 5.70. The van der Waals surface area contributed by atoms with Gasteiger partial charge in [0.25, 0.3) is 5.89 Å². The first-order valence-electron chi connectivity index (χ1n) is 9.88. The molecule has 31 heavy (non-hydrogen) atoms. The van der Waals surface area contributed by atoms with Crippen molar-refractivity contribution in [3.05, 3.63) is 65.0 Å². The molecule has 1 aromatic heterocycles. The second-order valence-corrected chi connectivity index (χ2v) is 7.63. The molecule has 2 atom stereocenters. The van der Waals surface area contributed by atoms with E-state index in [2.05, 4.69) is 41.3 Å². The Morgan fingerprint density at radius 3 is 2.61 bits per heavy atom. The number of aliphatic hydroxyl groups excluding tert-OH is 1. The molecule has 9 heteroatoms. The van der Waals surface area contributed by atoms with Gasteiger partial charge in [-0.05, 0) is 43.2 Å². The zero-order chi connectivity index (χ0) is 21.3. The Balaban J connectivity index is 0.00000272. The molecule has 1 fully saturated rings. The zero-order valence-corrected chi connectivity index (χ0v) is 18.2. The van der Waals surface area contributed by atoms with E-state index in [1.807, 2.05) is 25.1 Å². The van der Waals surface area contributed by atoms with Crippen molar-refractivity contribution in [2.75, 3.05) is 6.54 Å². The van der Waals surface area contributed by atoms with Gasteiger partial charge in [0.15, 0.2) is 6.04 Å². The molecule has 164 valence electrons. The number of ether oxygens (including phenoxy) is 1. The molecule has 0 unspecified atom stereocenters. The van der Waals surface area contributed by atoms with E-state index in [0.717, 1.165) is 22.4 Å². The molecule has 0 spiro atoms. The molecule has 3 aromatic rings. The molecule has 0 bridgehead atoms. The van der Waals surface area contributed by atoms with Crippen LogP contribution in [0.5, 0.6) is 5.75 Å². The van der Waals surface area contributed by atoms with Crippen molar-refractivity contribution >= 4 is 5.96 Å². The van der Waals surface area contributed by atoms with E-state index >= 15 is 0 Å². The molecule has 5 N–H and O–H groups in total. The maximum atomic E-state index is 10.3. The van der Waals surface area contributed by atoms with Gasteiger partial charge < -0.3 is 26.8 Å². The number of hydrogen-bond donors (Lipinski definition) is 3. The molecule has 0 aliphatic carbocycles. The lowest BCUT2D eigenvalue weighted by Gasteiger charge is -2.11. The van der Waals surface area contributed by atoms with Gasteiger partial charge in [0.05, 0.1) is 12.6 Å². The fourth-order valence-electron chi connectivity index (χ4n) is 3.63. The molecule has 0 amide bonds. The van der Waals surface area contributed by atoms with Gasteiger partial charge >= 0.3 is 5.96 Å². The lowest BCUT2D eigenvalue weighted by Crippen LogP contribution is -3.00. The van der Waals surface area contributed by atoms with E-state index in [4.69, 9.17) is 20.7 Å². The Hall–Kier alpha value is -3.10. The molecular formula is C22H26ClN5O3. The summed E-state index contributed by atoms with van der Waals surface area (Å²) in [6, 6.07) is 13.5. The molecular weight excluding hydrogens is 418 g/mol. The maximum Gasteiger partial charge on any atom is 0.341 e. The molecule has 1 saturated heterocycles. The van der Waals surface area contributed by atoms with Crippen molar-refractivity contribution in [1.82, 2.24) is 10.1 Å². The summed E-state index contributed by atoms with van der Waals surface area (Å²) < 4.78 is 13.1. The number of halogens is 1. The smallest absolute Gasteiger partial charge is 0.341 e. The summed E-state index contributed by atoms with van der Waals surface area (Å²) in [5.74, 6) is 1.65. The number of nitrogens with two attached hydrogens (primary N) is 2. The second kappa shape index (κ2) is 9.36. The van der Waals surface area contributed by atoms with Crippen LogP contribution in [0.25, 0.3) is 11.4 Å². The standard InChI is InChI=1S/C22H25N5O3.ClH/c1-13-3-5-15(6-4-13)12-29-18-8-7-16(11-14(18)2)20-25-21(30-26-20)19-17(28)9-10-27(19)22(23)24;/h3-8,11,17,19,28H,9-10,12H2,1-2H3,(H3,23,24);1H/t17-,19-;/m0./s1. The topological polar surface area (TPSA) is 123 Å². The second-order valence-electron chi connectivity index (χ2n) is 7.63. The van der Waals surface area contributed by atoms with Gasteiger partial charge in [-0.3, -0.25) is 16.0 Å². The van der Waals surface area contributed by atoms with Crippen LogP contribution < -0.4 is 28.6 Å². The fourth-order valence-corrected chi connectivity index (χ4v) is 3.63. The van der Waals surface area contributed by atoms with Crippen molar-refractivity contribution in [1.29, 1.82) is 0 Å². The lowest BCUT2D eigenvalue weighted by molar-refractivity contribution is -0.560. The average molecular weight is 444 g/mol. The van der Waals surface area contributed by atoms with Gasteiger partial charge in [-0.1, -0.05) is 35.0 Å². The highest BCUT2D eigenvalue weighted by Crippen LogP contribution is 2.30. The van der Waals surface area contributed by atoms with Crippen LogP contribution in [-0.4, -0.2) is 38.4 Å².